The van der Waals surface area contributed by atoms with Crippen molar-refractivity contribution in [2.24, 2.45) is 0 Å². The largest absolute Gasteiger partial charge is 0.421 e. The van der Waals surface area contributed by atoms with Crippen LogP contribution in [0.2, 0.25) is 5.02 Å². The van der Waals surface area contributed by atoms with Crippen molar-refractivity contribution in [1.29, 1.82) is 0 Å². The molecule has 20 heavy (non-hydrogen) atoms. The molecule has 0 bridgehead atoms. The number of hydrogen-bond donors (Lipinski definition) is 2. The third kappa shape index (κ3) is 3.86. The maximum Gasteiger partial charge on any atom is 0.421 e. The van der Waals surface area contributed by atoms with Gasteiger partial charge >= 0.3 is 6.18 Å². The molecule has 1 amide bonds. The Hall–Kier alpha value is -1.27. The maximum absolute atomic E-state index is 13.1. The smallest absolute Gasteiger partial charge is 0.376 e. The summed E-state index contributed by atoms with van der Waals surface area (Å²) in [6.07, 6.45) is -6.08. The molecule has 0 spiro atoms. The Morgan fingerprint density at radius 2 is 1.80 bits per heavy atom. The fourth-order valence-corrected chi connectivity index (χ4v) is 1.82. The number of alkyl halides is 3. The Morgan fingerprint density at radius 1 is 1.30 bits per heavy atom. The van der Waals surface area contributed by atoms with Crippen LogP contribution in [0.25, 0.3) is 0 Å². The highest BCUT2D eigenvalue weighted by Crippen LogP contribution is 2.41. The lowest BCUT2D eigenvalue weighted by Gasteiger charge is -2.30. The van der Waals surface area contributed by atoms with Gasteiger partial charge in [0.1, 0.15) is 0 Å². The number of amides is 1. The second kappa shape index (κ2) is 6.01. The molecule has 0 radical (unpaired) electrons. The first-order valence-corrected chi connectivity index (χ1v) is 6.28. The highest BCUT2D eigenvalue weighted by atomic mass is 35.5. The molecule has 112 valence electrons. The van der Waals surface area contributed by atoms with Crippen LogP contribution in [0.3, 0.4) is 0 Å². The highest BCUT2D eigenvalue weighted by Gasteiger charge is 2.56. The van der Waals surface area contributed by atoms with E-state index in [9.17, 15) is 23.1 Å². The summed E-state index contributed by atoms with van der Waals surface area (Å²) in [5, 5.41) is 12.5. The third-order valence-electron chi connectivity index (χ3n) is 2.66. The zero-order valence-corrected chi connectivity index (χ0v) is 11.7. The molecule has 0 saturated carbocycles. The van der Waals surface area contributed by atoms with E-state index in [-0.39, 0.29) is 11.1 Å². The van der Waals surface area contributed by atoms with E-state index in [1.54, 1.807) is 13.8 Å². The lowest BCUT2D eigenvalue weighted by Crippen LogP contribution is -2.47. The van der Waals surface area contributed by atoms with Crippen molar-refractivity contribution in [3.05, 3.63) is 34.9 Å². The van der Waals surface area contributed by atoms with Crippen LogP contribution in [0.5, 0.6) is 0 Å². The van der Waals surface area contributed by atoms with Gasteiger partial charge in [-0.05, 0) is 31.5 Å². The standard InChI is InChI=1S/C13H15ClF3NO2/c1-8(2)18-11(19)7-12(20,13(15,16)17)9-3-5-10(14)6-4-9/h3-6,8,20H,7H2,1-2H3,(H,18,19). The number of nitrogens with one attached hydrogen (secondary N) is 1. The monoisotopic (exact) mass is 309 g/mol. The first-order valence-electron chi connectivity index (χ1n) is 5.91. The predicted octanol–water partition coefficient (Wildman–Crippen LogP) is 3.00. The molecular formula is C13H15ClF3NO2. The molecule has 1 atom stereocenters. The second-order valence-electron chi connectivity index (χ2n) is 4.76. The van der Waals surface area contributed by atoms with Crippen molar-refractivity contribution >= 4 is 17.5 Å². The van der Waals surface area contributed by atoms with Gasteiger partial charge in [0.05, 0.1) is 6.42 Å². The Bertz CT molecular complexity index is 473. The molecule has 1 unspecified atom stereocenters. The van der Waals surface area contributed by atoms with E-state index in [1.165, 1.54) is 12.1 Å². The molecular weight excluding hydrogens is 295 g/mol. The first kappa shape index (κ1) is 16.8. The quantitative estimate of drug-likeness (QED) is 0.898. The van der Waals surface area contributed by atoms with Crippen LogP contribution in [0, 0.1) is 0 Å². The minimum absolute atomic E-state index is 0.241. The average Bonchev–Trinajstić information content (AvgIpc) is 2.26. The fraction of sp³-hybridized carbons (Fsp3) is 0.462. The molecule has 3 nitrogen and oxygen atoms in total. The lowest BCUT2D eigenvalue weighted by molar-refractivity contribution is -0.267. The van der Waals surface area contributed by atoms with Gasteiger partial charge in [-0.2, -0.15) is 13.2 Å². The van der Waals surface area contributed by atoms with Crippen molar-refractivity contribution in [1.82, 2.24) is 5.32 Å². The zero-order valence-electron chi connectivity index (χ0n) is 11.0. The van der Waals surface area contributed by atoms with Gasteiger partial charge in [-0.3, -0.25) is 4.79 Å². The average molecular weight is 310 g/mol. The van der Waals surface area contributed by atoms with Crippen LogP contribution in [0.1, 0.15) is 25.8 Å². The molecule has 0 saturated heterocycles. The fourth-order valence-electron chi connectivity index (χ4n) is 1.70. The van der Waals surface area contributed by atoms with Crippen molar-refractivity contribution in [2.75, 3.05) is 0 Å². The number of halogens is 4. The van der Waals surface area contributed by atoms with Crippen molar-refractivity contribution in [3.63, 3.8) is 0 Å². The molecule has 0 fully saturated rings. The van der Waals surface area contributed by atoms with Gasteiger partial charge in [-0.25, -0.2) is 0 Å². The van der Waals surface area contributed by atoms with E-state index in [2.05, 4.69) is 5.32 Å². The molecule has 1 rings (SSSR count). The highest BCUT2D eigenvalue weighted by molar-refractivity contribution is 6.30. The molecule has 0 aromatic heterocycles. The molecule has 0 aliphatic heterocycles. The van der Waals surface area contributed by atoms with Crippen LogP contribution in [-0.2, 0) is 10.4 Å². The SMILES string of the molecule is CC(C)NC(=O)CC(O)(c1ccc(Cl)cc1)C(F)(F)F. The molecule has 1 aromatic rings. The Morgan fingerprint density at radius 3 is 2.20 bits per heavy atom. The molecule has 7 heteroatoms. The summed E-state index contributed by atoms with van der Waals surface area (Å²) in [4.78, 5) is 11.6. The topological polar surface area (TPSA) is 49.3 Å². The van der Waals surface area contributed by atoms with Crippen LogP contribution in [-0.4, -0.2) is 23.2 Å². The minimum Gasteiger partial charge on any atom is -0.376 e. The zero-order chi connectivity index (χ0) is 15.6. The summed E-state index contributed by atoms with van der Waals surface area (Å²) in [5.74, 6) is -0.880. The minimum atomic E-state index is -4.98. The normalized spacial score (nSPS) is 15.0. The van der Waals surface area contributed by atoms with E-state index in [0.29, 0.717) is 0 Å². The van der Waals surface area contributed by atoms with E-state index in [4.69, 9.17) is 11.6 Å². The van der Waals surface area contributed by atoms with Gasteiger partial charge in [-0.15, -0.1) is 0 Å². The van der Waals surface area contributed by atoms with Crippen molar-refractivity contribution in [3.8, 4) is 0 Å². The molecule has 0 aliphatic carbocycles. The Labute approximate surface area is 119 Å². The number of carbonyl (C=O) groups is 1. The lowest BCUT2D eigenvalue weighted by atomic mass is 9.89. The number of hydrogen-bond acceptors (Lipinski definition) is 2. The summed E-state index contributed by atoms with van der Waals surface area (Å²) in [7, 11) is 0. The number of aliphatic hydroxyl groups is 1. The van der Waals surface area contributed by atoms with E-state index >= 15 is 0 Å². The van der Waals surface area contributed by atoms with Crippen LogP contribution in [0.4, 0.5) is 13.2 Å². The van der Waals surface area contributed by atoms with Crippen molar-refractivity contribution < 1.29 is 23.1 Å². The summed E-state index contributed by atoms with van der Waals surface area (Å²) >= 11 is 5.61. The van der Waals surface area contributed by atoms with E-state index in [0.717, 1.165) is 12.1 Å². The first-order chi connectivity index (χ1) is 9.06. The van der Waals surface area contributed by atoms with Crippen LogP contribution < -0.4 is 5.32 Å². The number of benzene rings is 1. The summed E-state index contributed by atoms with van der Waals surface area (Å²) in [5.41, 5.74) is -3.66. The van der Waals surface area contributed by atoms with Gasteiger partial charge in [0.15, 0.2) is 5.60 Å². The maximum atomic E-state index is 13.1. The van der Waals surface area contributed by atoms with Gasteiger partial charge in [0, 0.05) is 11.1 Å². The van der Waals surface area contributed by atoms with Crippen LogP contribution >= 0.6 is 11.6 Å². The molecule has 0 aliphatic rings. The number of rotatable bonds is 4. The summed E-state index contributed by atoms with van der Waals surface area (Å²) in [6, 6.07) is 4.25. The molecule has 0 heterocycles. The van der Waals surface area contributed by atoms with E-state index < -0.39 is 29.7 Å². The van der Waals surface area contributed by atoms with Crippen molar-refractivity contribution in [2.45, 2.75) is 38.1 Å². The van der Waals surface area contributed by atoms with Gasteiger partial charge in [-0.1, -0.05) is 23.7 Å². The predicted molar refractivity (Wildman–Crippen MR) is 69.3 cm³/mol. The summed E-state index contributed by atoms with van der Waals surface area (Å²) < 4.78 is 39.4. The van der Waals surface area contributed by atoms with E-state index in [1.807, 2.05) is 0 Å². The Balaban J connectivity index is 3.11. The molecule has 2 N–H and O–H groups in total. The van der Waals surface area contributed by atoms with Crippen LogP contribution in [0.15, 0.2) is 24.3 Å². The van der Waals surface area contributed by atoms with Gasteiger partial charge in [0.2, 0.25) is 5.91 Å². The number of carbonyl (C=O) groups excluding carboxylic acids is 1. The van der Waals surface area contributed by atoms with Gasteiger partial charge < -0.3 is 10.4 Å². The second-order valence-corrected chi connectivity index (χ2v) is 5.20. The Kier molecular flexibility index (Phi) is 5.05. The third-order valence-corrected chi connectivity index (χ3v) is 2.91. The van der Waals surface area contributed by atoms with Gasteiger partial charge in [0.25, 0.3) is 0 Å². The molecule has 1 aromatic carbocycles. The summed E-state index contributed by atoms with van der Waals surface area (Å²) in [6.45, 7) is 3.24.